The predicted octanol–water partition coefficient (Wildman–Crippen LogP) is 4.01. The zero-order valence-corrected chi connectivity index (χ0v) is 13.7. The first-order valence-corrected chi connectivity index (χ1v) is 8.11. The molecule has 1 rings (SSSR count). The zero-order valence-electron chi connectivity index (χ0n) is 11.4. The quantitative estimate of drug-likeness (QED) is 0.523. The number of hydrogen-bond donors (Lipinski definition) is 3. The number of thioether (sulfide) groups is 1. The van der Waals surface area contributed by atoms with Gasteiger partial charge in [0.05, 0.1) is 10.0 Å². The molecule has 0 aliphatic heterocycles. The molecular formula is C12H20Cl2N4S. The molecule has 108 valence electrons. The molecule has 0 saturated carbocycles. The van der Waals surface area contributed by atoms with E-state index in [4.69, 9.17) is 29.0 Å². The molecule has 4 nitrogen and oxygen atoms in total. The minimum absolute atomic E-state index is 0.181. The Labute approximate surface area is 128 Å². The number of halogens is 2. The van der Waals surface area contributed by atoms with Crippen LogP contribution in [0.2, 0.25) is 10.0 Å². The van der Waals surface area contributed by atoms with E-state index in [1.54, 1.807) is 6.07 Å². The first-order chi connectivity index (χ1) is 9.01. The summed E-state index contributed by atoms with van der Waals surface area (Å²) < 4.78 is 0.181. The van der Waals surface area contributed by atoms with Crippen LogP contribution < -0.4 is 16.6 Å². The average Bonchev–Trinajstić information content (AvgIpc) is 2.43. The summed E-state index contributed by atoms with van der Waals surface area (Å²) in [5, 5.41) is 4.19. The number of hydrogen-bond acceptors (Lipinski definition) is 5. The first kappa shape index (κ1) is 16.7. The van der Waals surface area contributed by atoms with Gasteiger partial charge in [-0.3, -0.25) is 0 Å². The summed E-state index contributed by atoms with van der Waals surface area (Å²) in [5.41, 5.74) is 2.46. The van der Waals surface area contributed by atoms with Crippen molar-refractivity contribution in [3.63, 3.8) is 0 Å². The van der Waals surface area contributed by atoms with E-state index in [0.29, 0.717) is 21.7 Å². The number of pyridine rings is 1. The van der Waals surface area contributed by atoms with E-state index in [9.17, 15) is 0 Å². The molecule has 0 atom stereocenters. The predicted molar refractivity (Wildman–Crippen MR) is 87.4 cm³/mol. The maximum Gasteiger partial charge on any atom is 0.161 e. The van der Waals surface area contributed by atoms with Crippen molar-refractivity contribution in [2.75, 3.05) is 23.5 Å². The van der Waals surface area contributed by atoms with Crippen molar-refractivity contribution < 1.29 is 0 Å². The number of nitrogens with one attached hydrogen (secondary N) is 2. The molecular weight excluding hydrogens is 303 g/mol. The van der Waals surface area contributed by atoms with Crippen molar-refractivity contribution in [1.82, 2.24) is 4.98 Å². The second kappa shape index (κ2) is 7.43. The lowest BCUT2D eigenvalue weighted by Gasteiger charge is -2.30. The summed E-state index contributed by atoms with van der Waals surface area (Å²) in [6.07, 6.45) is 4.27. The average molecular weight is 323 g/mol. The molecule has 7 heteroatoms. The third kappa shape index (κ3) is 4.05. The maximum absolute atomic E-state index is 6.13. The summed E-state index contributed by atoms with van der Waals surface area (Å²) in [6, 6.07) is 1.63. The van der Waals surface area contributed by atoms with Crippen LogP contribution >= 0.6 is 35.0 Å². The normalized spacial score (nSPS) is 11.5. The van der Waals surface area contributed by atoms with E-state index in [-0.39, 0.29) is 4.75 Å². The Bertz CT molecular complexity index is 416. The highest BCUT2D eigenvalue weighted by Crippen LogP contribution is 2.33. The van der Waals surface area contributed by atoms with E-state index >= 15 is 0 Å². The monoisotopic (exact) mass is 322 g/mol. The molecule has 0 unspecified atom stereocenters. The highest BCUT2D eigenvalue weighted by Gasteiger charge is 2.25. The summed E-state index contributed by atoms with van der Waals surface area (Å²) in [6.45, 7) is 5.16. The van der Waals surface area contributed by atoms with Gasteiger partial charge in [-0.1, -0.05) is 37.0 Å². The molecule has 0 saturated heterocycles. The van der Waals surface area contributed by atoms with Crippen LogP contribution in [0.4, 0.5) is 11.6 Å². The Morgan fingerprint density at radius 1 is 1.26 bits per heavy atom. The molecule has 0 fully saturated rings. The zero-order chi connectivity index (χ0) is 14.5. The van der Waals surface area contributed by atoms with Crippen LogP contribution in [-0.2, 0) is 0 Å². The van der Waals surface area contributed by atoms with Crippen molar-refractivity contribution in [1.29, 1.82) is 0 Å². The topological polar surface area (TPSA) is 63.0 Å². The maximum atomic E-state index is 6.13. The van der Waals surface area contributed by atoms with Crippen molar-refractivity contribution in [2.24, 2.45) is 5.84 Å². The fraction of sp³-hybridized carbons (Fsp3) is 0.583. The molecule has 1 aromatic heterocycles. The lowest BCUT2D eigenvalue weighted by Crippen LogP contribution is -2.32. The van der Waals surface area contributed by atoms with Gasteiger partial charge in [0, 0.05) is 11.3 Å². The molecule has 0 bridgehead atoms. The number of hydrazine groups is 1. The minimum Gasteiger partial charge on any atom is -0.367 e. The number of nitrogen functional groups attached to an aromatic ring is 1. The van der Waals surface area contributed by atoms with Gasteiger partial charge in [0.15, 0.2) is 5.82 Å². The van der Waals surface area contributed by atoms with Crippen LogP contribution in [0.15, 0.2) is 6.07 Å². The van der Waals surface area contributed by atoms with Crippen LogP contribution in [0.3, 0.4) is 0 Å². The van der Waals surface area contributed by atoms with Gasteiger partial charge in [-0.2, -0.15) is 11.8 Å². The summed E-state index contributed by atoms with van der Waals surface area (Å²) in [5.74, 6) is 6.37. The second-order valence-electron chi connectivity index (χ2n) is 4.24. The Morgan fingerprint density at radius 2 is 1.84 bits per heavy atom. The second-order valence-corrected chi connectivity index (χ2v) is 6.33. The lowest BCUT2D eigenvalue weighted by atomic mass is 10.0. The van der Waals surface area contributed by atoms with E-state index < -0.39 is 0 Å². The third-order valence-corrected chi connectivity index (χ3v) is 5.53. The standard InChI is InChI=1S/C12H20Cl2N4S/c1-4-12(5-2,19-3)7-16-10-8(13)6-9(14)11(17-10)18-15/h6H,4-5,7,15H2,1-3H3,(H2,16,17,18). The Morgan fingerprint density at radius 3 is 2.32 bits per heavy atom. The molecule has 1 aromatic rings. The number of nitrogens with zero attached hydrogens (tertiary/aromatic N) is 1. The van der Waals surface area contributed by atoms with Gasteiger partial charge in [-0.05, 0) is 25.2 Å². The molecule has 4 N–H and O–H groups in total. The molecule has 0 aromatic carbocycles. The van der Waals surface area contributed by atoms with E-state index in [1.807, 2.05) is 11.8 Å². The SMILES string of the molecule is CCC(CC)(CNc1nc(NN)c(Cl)cc1Cl)SC. The first-order valence-electron chi connectivity index (χ1n) is 6.13. The highest BCUT2D eigenvalue weighted by atomic mass is 35.5. The van der Waals surface area contributed by atoms with Gasteiger partial charge in [-0.25, -0.2) is 10.8 Å². The smallest absolute Gasteiger partial charge is 0.161 e. The minimum atomic E-state index is 0.181. The molecule has 0 spiro atoms. The van der Waals surface area contributed by atoms with Crippen LogP contribution in [-0.4, -0.2) is 22.5 Å². The molecule has 0 aliphatic carbocycles. The van der Waals surface area contributed by atoms with Crippen LogP contribution in [0.1, 0.15) is 26.7 Å². The Hall–Kier alpha value is -0.360. The van der Waals surface area contributed by atoms with Gasteiger partial charge in [0.2, 0.25) is 0 Å². The third-order valence-electron chi connectivity index (χ3n) is 3.37. The van der Waals surface area contributed by atoms with Crippen LogP contribution in [0.5, 0.6) is 0 Å². The van der Waals surface area contributed by atoms with Gasteiger partial charge >= 0.3 is 0 Å². The van der Waals surface area contributed by atoms with Crippen molar-refractivity contribution in [3.8, 4) is 0 Å². The van der Waals surface area contributed by atoms with Crippen molar-refractivity contribution in [3.05, 3.63) is 16.1 Å². The number of nitrogens with two attached hydrogens (primary N) is 1. The Balaban J connectivity index is 2.88. The van der Waals surface area contributed by atoms with Gasteiger partial charge < -0.3 is 10.7 Å². The van der Waals surface area contributed by atoms with E-state index in [0.717, 1.165) is 19.4 Å². The fourth-order valence-electron chi connectivity index (χ4n) is 1.80. The number of rotatable bonds is 7. The van der Waals surface area contributed by atoms with Crippen LogP contribution in [0, 0.1) is 0 Å². The van der Waals surface area contributed by atoms with Crippen molar-refractivity contribution >= 4 is 46.6 Å². The van der Waals surface area contributed by atoms with Gasteiger partial charge in [-0.15, -0.1) is 0 Å². The summed E-state index contributed by atoms with van der Waals surface area (Å²) >= 11 is 13.9. The molecule has 1 heterocycles. The highest BCUT2D eigenvalue weighted by molar-refractivity contribution is 8.00. The van der Waals surface area contributed by atoms with E-state index in [1.165, 1.54) is 0 Å². The lowest BCUT2D eigenvalue weighted by molar-refractivity contribution is 0.574. The molecule has 0 aliphatic rings. The summed E-state index contributed by atoms with van der Waals surface area (Å²) in [7, 11) is 0. The largest absolute Gasteiger partial charge is 0.367 e. The number of anilines is 2. The number of aromatic nitrogens is 1. The summed E-state index contributed by atoms with van der Waals surface area (Å²) in [4.78, 5) is 4.28. The van der Waals surface area contributed by atoms with Crippen molar-refractivity contribution in [2.45, 2.75) is 31.4 Å². The van der Waals surface area contributed by atoms with Gasteiger partial charge in [0.25, 0.3) is 0 Å². The molecule has 0 amide bonds. The van der Waals surface area contributed by atoms with E-state index in [2.05, 4.69) is 35.8 Å². The van der Waals surface area contributed by atoms with Gasteiger partial charge in [0.1, 0.15) is 5.82 Å². The molecule has 0 radical (unpaired) electrons. The molecule has 19 heavy (non-hydrogen) atoms. The van der Waals surface area contributed by atoms with Crippen LogP contribution in [0.25, 0.3) is 0 Å². The fourth-order valence-corrected chi connectivity index (χ4v) is 3.07. The Kier molecular flexibility index (Phi) is 6.53.